The largest absolute Gasteiger partial charge is 0.461 e. The molecule has 1 unspecified atom stereocenters. The van der Waals surface area contributed by atoms with Gasteiger partial charge in [0, 0.05) is 50.4 Å². The third kappa shape index (κ3) is 6.32. The Kier molecular flexibility index (Phi) is 9.56. The lowest BCUT2D eigenvalue weighted by atomic mass is 9.64. The van der Waals surface area contributed by atoms with Crippen LogP contribution in [0.15, 0.2) is 299 Å². The highest BCUT2D eigenvalue weighted by Crippen LogP contribution is 2.66. The van der Waals surface area contributed by atoms with Crippen molar-refractivity contribution in [3.8, 4) is 28.3 Å². The van der Waals surface area contributed by atoms with Gasteiger partial charge in [0.05, 0.1) is 68.8 Å². The van der Waals surface area contributed by atoms with Crippen LogP contribution >= 0.6 is 0 Å². The van der Waals surface area contributed by atoms with Crippen LogP contribution in [-0.4, -0.2) is 4.57 Å². The van der Waals surface area contributed by atoms with Crippen LogP contribution in [0.5, 0.6) is 0 Å². The maximum absolute atomic E-state index is 6.49. The minimum atomic E-state index is -0.777. The molecule has 0 N–H and O–H groups in total. The summed E-state index contributed by atoms with van der Waals surface area (Å²) in [6.45, 7) is 0. The first-order valence-corrected chi connectivity index (χ1v) is 29.4. The predicted molar refractivity (Wildman–Crippen MR) is 345 cm³/mol. The number of hydrogen-bond donors (Lipinski definition) is 0. The Hall–Kier alpha value is -11.1. The van der Waals surface area contributed by atoms with Crippen LogP contribution in [0.3, 0.4) is 0 Å². The molecule has 0 radical (unpaired) electrons. The van der Waals surface area contributed by atoms with Gasteiger partial charge < -0.3 is 28.1 Å². The lowest BCUT2D eigenvalue weighted by molar-refractivity contribution is 0.525. The molecule has 398 valence electrons. The maximum Gasteiger partial charge on any atom is 0.174 e. The second-order valence-electron chi connectivity index (χ2n) is 23.1. The van der Waals surface area contributed by atoms with Crippen LogP contribution in [-0.2, 0) is 11.8 Å². The lowest BCUT2D eigenvalue weighted by Crippen LogP contribution is -2.36. The first-order chi connectivity index (χ1) is 42.2. The molecule has 0 saturated heterocycles. The Morgan fingerprint density at radius 1 is 0.388 bits per heavy atom. The summed E-state index contributed by atoms with van der Waals surface area (Å²) < 4.78 is 15.5. The summed E-state index contributed by atoms with van der Waals surface area (Å²) >= 11 is 0. The number of furan rings is 2. The van der Waals surface area contributed by atoms with Gasteiger partial charge in [-0.2, -0.15) is 0 Å². The van der Waals surface area contributed by atoms with Gasteiger partial charge in [-0.15, -0.1) is 0 Å². The van der Waals surface area contributed by atoms with Crippen LogP contribution in [0.1, 0.15) is 50.4 Å². The van der Waals surface area contributed by atoms with Gasteiger partial charge in [0.2, 0.25) is 0 Å². The highest BCUT2D eigenvalue weighted by molar-refractivity contribution is 6.13. The molecule has 1 atom stereocenters. The number of allylic oxidation sites excluding steroid dienone is 7. The molecule has 10 aromatic carbocycles. The summed E-state index contributed by atoms with van der Waals surface area (Å²) in [4.78, 5) is 7.39. The zero-order valence-corrected chi connectivity index (χ0v) is 46.0. The van der Waals surface area contributed by atoms with Gasteiger partial charge in [-0.25, -0.2) is 0 Å². The maximum atomic E-state index is 6.49. The van der Waals surface area contributed by atoms with Crippen molar-refractivity contribution < 1.29 is 8.83 Å². The molecule has 3 aromatic heterocycles. The Morgan fingerprint density at radius 2 is 1.01 bits per heavy atom. The standard InChI is InChI=1S/C79H50N4O2/c1-3-17-49(18-4-1)52-19-15-20-53(45-52)57-37-33-50-35-39-60-67(40-36-51-34-38-59(57)75(50)76(51)60)83-68-28-10-8-26-62(68)79(63-41-43-84-77(63)78-64(79)42-44-85-78)65-48-73-61(47-74(65)83)58-25-7-9-27-66(58)81(73)55-23-16-24-56(46-55)82-71-31-13-11-29-69(71)80(54-21-5-2-6-22-54)70-30-12-14-32-72(70)82/h1-33,35-48,75H,34H2. The van der Waals surface area contributed by atoms with Gasteiger partial charge in [0.15, 0.2) is 11.5 Å². The van der Waals surface area contributed by atoms with Gasteiger partial charge in [-0.05, 0) is 165 Å². The Balaban J connectivity index is 0.822. The number of aromatic nitrogens is 1. The SMILES string of the molecule is C1=Cc2c(N3c4ccccc4C4(c5cc6c(cc53)c3ccccc3n6-c3cccc(N5c6ccccc6N(c6ccccc6)c6ccccc65)c3)c3ccoc3-c3occc34)ccc3c2C2C1=CC=C(c1cccc(-c4ccccc4)c1)C2=CC3. The lowest BCUT2D eigenvalue weighted by Gasteiger charge is -2.45. The van der Waals surface area contributed by atoms with Gasteiger partial charge in [0.1, 0.15) is 0 Å². The fourth-order valence-corrected chi connectivity index (χ4v) is 15.5. The van der Waals surface area contributed by atoms with Gasteiger partial charge in [-0.1, -0.05) is 170 Å². The van der Waals surface area contributed by atoms with Crippen molar-refractivity contribution in [2.45, 2.75) is 17.8 Å². The summed E-state index contributed by atoms with van der Waals surface area (Å²) in [6, 6.07) is 89.3. The Labute approximate surface area is 491 Å². The van der Waals surface area contributed by atoms with Crippen molar-refractivity contribution in [1.29, 1.82) is 0 Å². The van der Waals surface area contributed by atoms with Crippen molar-refractivity contribution in [1.82, 2.24) is 4.57 Å². The average Bonchev–Trinajstić information content (AvgIpc) is 1.71. The Morgan fingerprint density at radius 3 is 1.78 bits per heavy atom. The van der Waals surface area contributed by atoms with E-state index in [1.165, 1.54) is 66.4 Å². The number of nitrogens with zero attached hydrogens (tertiary/aromatic N) is 4. The van der Waals surface area contributed by atoms with E-state index < -0.39 is 5.41 Å². The van der Waals surface area contributed by atoms with Crippen LogP contribution in [0.25, 0.3) is 61.8 Å². The first-order valence-electron chi connectivity index (χ1n) is 29.4. The molecule has 13 aromatic rings. The normalized spacial score (nSPS) is 16.0. The first kappa shape index (κ1) is 46.5. The molecule has 85 heavy (non-hydrogen) atoms. The van der Waals surface area contributed by atoms with Gasteiger partial charge in [-0.3, -0.25) is 0 Å². The van der Waals surface area contributed by atoms with Crippen molar-refractivity contribution in [3.05, 3.63) is 335 Å². The van der Waals surface area contributed by atoms with Crippen LogP contribution < -0.4 is 14.7 Å². The van der Waals surface area contributed by atoms with Crippen LogP contribution in [0.2, 0.25) is 0 Å². The molecular formula is C79H50N4O2. The van der Waals surface area contributed by atoms with E-state index in [-0.39, 0.29) is 5.92 Å². The van der Waals surface area contributed by atoms with E-state index >= 15 is 0 Å². The fourth-order valence-electron chi connectivity index (χ4n) is 15.5. The van der Waals surface area contributed by atoms with Gasteiger partial charge in [0.25, 0.3) is 0 Å². The van der Waals surface area contributed by atoms with E-state index in [4.69, 9.17) is 8.83 Å². The zero-order chi connectivity index (χ0) is 55.5. The molecule has 19 rings (SSSR count). The van der Waals surface area contributed by atoms with Crippen LogP contribution in [0.4, 0.5) is 51.2 Å². The average molecular weight is 1090 g/mol. The molecule has 0 fully saturated rings. The van der Waals surface area contributed by atoms with E-state index in [9.17, 15) is 0 Å². The second kappa shape index (κ2) is 17.5. The number of benzene rings is 10. The van der Waals surface area contributed by atoms with Crippen LogP contribution in [0, 0.1) is 0 Å². The molecule has 0 saturated carbocycles. The molecule has 6 nitrogen and oxygen atoms in total. The minimum Gasteiger partial charge on any atom is -0.461 e. The molecular weight excluding hydrogens is 1040 g/mol. The molecule has 5 heterocycles. The van der Waals surface area contributed by atoms with E-state index in [0.29, 0.717) is 0 Å². The van der Waals surface area contributed by atoms with E-state index in [2.05, 4.69) is 292 Å². The topological polar surface area (TPSA) is 40.9 Å². The minimum absolute atomic E-state index is 0.0950. The van der Waals surface area contributed by atoms with E-state index in [1.54, 1.807) is 0 Å². The fraction of sp³-hybridized carbons (Fsp3) is 0.0380. The number of anilines is 9. The van der Waals surface area contributed by atoms with E-state index in [1.807, 2.05) is 12.5 Å². The predicted octanol–water partition coefficient (Wildman–Crippen LogP) is 20.7. The highest BCUT2D eigenvalue weighted by atomic mass is 16.4. The summed E-state index contributed by atoms with van der Waals surface area (Å²) in [6.07, 6.45) is 16.5. The molecule has 6 heteroatoms. The molecule has 4 aliphatic carbocycles. The zero-order valence-electron chi connectivity index (χ0n) is 46.0. The number of rotatable bonds is 6. The summed E-state index contributed by atoms with van der Waals surface area (Å²) in [5.74, 6) is 1.64. The van der Waals surface area contributed by atoms with Gasteiger partial charge >= 0.3 is 0 Å². The quantitative estimate of drug-likeness (QED) is 0.166. The molecule has 1 spiro atoms. The molecule has 0 amide bonds. The smallest absolute Gasteiger partial charge is 0.174 e. The van der Waals surface area contributed by atoms with Crippen molar-refractivity contribution in [3.63, 3.8) is 0 Å². The summed E-state index contributed by atoms with van der Waals surface area (Å²) in [5.41, 5.74) is 28.8. The molecule has 6 aliphatic rings. The molecule has 0 bridgehead atoms. The third-order valence-corrected chi connectivity index (χ3v) is 19.0. The Bertz CT molecular complexity index is 5050. The van der Waals surface area contributed by atoms with Crippen molar-refractivity contribution in [2.24, 2.45) is 0 Å². The highest BCUT2D eigenvalue weighted by Gasteiger charge is 2.55. The second-order valence-corrected chi connectivity index (χ2v) is 23.1. The number of hydrogen-bond acceptors (Lipinski definition) is 5. The summed E-state index contributed by atoms with van der Waals surface area (Å²) in [5, 5.41) is 2.35. The molecule has 2 aliphatic heterocycles. The number of para-hydroxylation sites is 7. The summed E-state index contributed by atoms with van der Waals surface area (Å²) in [7, 11) is 0. The van der Waals surface area contributed by atoms with Crippen molar-refractivity contribution >= 4 is 84.6 Å². The monoisotopic (exact) mass is 1090 g/mol. The number of fused-ring (bicyclic) bond motifs is 14. The third-order valence-electron chi connectivity index (χ3n) is 19.0. The van der Waals surface area contributed by atoms with Crippen molar-refractivity contribution in [2.75, 3.05) is 14.7 Å². The van der Waals surface area contributed by atoms with E-state index in [0.717, 1.165) is 103 Å².